The van der Waals surface area contributed by atoms with Gasteiger partial charge in [-0.05, 0) is 18.2 Å². The first-order valence-corrected chi connectivity index (χ1v) is 7.31. The third kappa shape index (κ3) is 3.20. The molecule has 0 amide bonds. The molecule has 2 rings (SSSR count). The third-order valence-electron chi connectivity index (χ3n) is 2.41. The maximum absolute atomic E-state index is 11.6. The second-order valence-electron chi connectivity index (χ2n) is 4.09. The van der Waals surface area contributed by atoms with Crippen molar-refractivity contribution in [1.29, 1.82) is 0 Å². The van der Waals surface area contributed by atoms with E-state index in [1.165, 1.54) is 30.2 Å². The Morgan fingerprint density at radius 2 is 2.15 bits per heavy atom. The van der Waals surface area contributed by atoms with Gasteiger partial charge in [0.2, 0.25) is 5.13 Å². The van der Waals surface area contributed by atoms with E-state index in [-0.39, 0.29) is 0 Å². The van der Waals surface area contributed by atoms with Gasteiger partial charge < -0.3 is 15.4 Å². The van der Waals surface area contributed by atoms with Crippen molar-refractivity contribution in [3.63, 3.8) is 0 Å². The molecule has 106 valence electrons. The lowest BCUT2D eigenvalue weighted by Crippen LogP contribution is -2.07. The number of carbonyl (C=O) groups excluding carboxylic acids is 1. The fourth-order valence-electron chi connectivity index (χ4n) is 1.41. The Bertz CT molecular complexity index is 628. The Kier molecular flexibility index (Phi) is 4.46. The van der Waals surface area contributed by atoms with Gasteiger partial charge in [-0.15, -0.1) is 10.2 Å². The van der Waals surface area contributed by atoms with Gasteiger partial charge in [-0.3, -0.25) is 0 Å². The topological polar surface area (TPSA) is 81.3 Å². The van der Waals surface area contributed by atoms with Crippen molar-refractivity contribution in [1.82, 2.24) is 10.2 Å². The molecule has 0 fully saturated rings. The number of carbonyl (C=O) groups is 1. The molecule has 0 unspecified atom stereocenters. The van der Waals surface area contributed by atoms with Crippen LogP contribution in [-0.2, 0) is 4.74 Å². The Morgan fingerprint density at radius 1 is 1.40 bits per heavy atom. The van der Waals surface area contributed by atoms with Crippen molar-refractivity contribution in [2.24, 2.45) is 0 Å². The van der Waals surface area contributed by atoms with E-state index >= 15 is 0 Å². The van der Waals surface area contributed by atoms with Crippen LogP contribution >= 0.6 is 23.1 Å². The van der Waals surface area contributed by atoms with E-state index in [1.54, 1.807) is 12.1 Å². The van der Waals surface area contributed by atoms with E-state index in [1.807, 2.05) is 25.1 Å². The normalized spacial score (nSPS) is 10.3. The molecule has 0 aliphatic heterocycles. The Morgan fingerprint density at radius 3 is 2.75 bits per heavy atom. The van der Waals surface area contributed by atoms with Crippen molar-refractivity contribution in [2.75, 3.05) is 31.8 Å². The van der Waals surface area contributed by atoms with Crippen LogP contribution in [0.1, 0.15) is 10.4 Å². The maximum Gasteiger partial charge on any atom is 0.339 e. The lowest BCUT2D eigenvalue weighted by molar-refractivity contribution is 0.0601. The maximum atomic E-state index is 11.6. The molecule has 0 aliphatic carbocycles. The number of rotatable bonds is 4. The number of nitrogens with two attached hydrogens (primary N) is 1. The molecule has 0 bridgehead atoms. The van der Waals surface area contributed by atoms with Crippen LogP contribution in [0.25, 0.3) is 0 Å². The monoisotopic (exact) mass is 310 g/mol. The molecule has 20 heavy (non-hydrogen) atoms. The van der Waals surface area contributed by atoms with E-state index in [0.29, 0.717) is 11.3 Å². The minimum Gasteiger partial charge on any atom is -0.465 e. The highest BCUT2D eigenvalue weighted by Crippen LogP contribution is 2.34. The molecule has 6 nitrogen and oxygen atoms in total. The van der Waals surface area contributed by atoms with Crippen molar-refractivity contribution < 1.29 is 9.53 Å². The molecule has 0 saturated heterocycles. The first-order valence-electron chi connectivity index (χ1n) is 5.67. The smallest absolute Gasteiger partial charge is 0.339 e. The Labute approximate surface area is 124 Å². The standard InChI is InChI=1S/C12H14N4O2S2/c1-16(2)11-14-15-12(20-11)19-7-4-5-9(13)8(6-7)10(17)18-3/h4-6H,13H2,1-3H3. The van der Waals surface area contributed by atoms with Gasteiger partial charge in [0.15, 0.2) is 4.34 Å². The third-order valence-corrected chi connectivity index (χ3v) is 4.55. The number of esters is 1. The number of nitrogen functional groups attached to an aromatic ring is 1. The zero-order chi connectivity index (χ0) is 14.7. The van der Waals surface area contributed by atoms with Crippen LogP contribution in [0.4, 0.5) is 10.8 Å². The minimum absolute atomic E-state index is 0.356. The lowest BCUT2D eigenvalue weighted by Gasteiger charge is -2.05. The average Bonchev–Trinajstić information content (AvgIpc) is 2.89. The predicted molar refractivity (Wildman–Crippen MR) is 80.6 cm³/mol. The molecule has 2 N–H and O–H groups in total. The quantitative estimate of drug-likeness (QED) is 0.684. The molecule has 2 aromatic rings. The van der Waals surface area contributed by atoms with E-state index in [4.69, 9.17) is 10.5 Å². The van der Waals surface area contributed by atoms with Crippen LogP contribution in [0.5, 0.6) is 0 Å². The molecule has 0 radical (unpaired) electrons. The second kappa shape index (κ2) is 6.10. The van der Waals surface area contributed by atoms with Crippen molar-refractivity contribution in [3.8, 4) is 0 Å². The van der Waals surface area contributed by atoms with E-state index < -0.39 is 5.97 Å². The summed E-state index contributed by atoms with van der Waals surface area (Å²) in [4.78, 5) is 14.3. The second-order valence-corrected chi connectivity index (χ2v) is 6.36. The molecular weight excluding hydrogens is 296 g/mol. The predicted octanol–water partition coefficient (Wildman–Crippen LogP) is 2.12. The molecular formula is C12H14N4O2S2. The fraction of sp³-hybridized carbons (Fsp3) is 0.250. The number of ether oxygens (including phenoxy) is 1. The zero-order valence-corrected chi connectivity index (χ0v) is 12.9. The van der Waals surface area contributed by atoms with Crippen LogP contribution < -0.4 is 10.6 Å². The average molecular weight is 310 g/mol. The van der Waals surface area contributed by atoms with Gasteiger partial charge in [0.25, 0.3) is 0 Å². The number of aromatic nitrogens is 2. The summed E-state index contributed by atoms with van der Waals surface area (Å²) in [5.74, 6) is -0.448. The highest BCUT2D eigenvalue weighted by atomic mass is 32.2. The summed E-state index contributed by atoms with van der Waals surface area (Å²) in [6, 6.07) is 5.22. The molecule has 0 aliphatic rings. The highest BCUT2D eigenvalue weighted by Gasteiger charge is 2.13. The summed E-state index contributed by atoms with van der Waals surface area (Å²) in [7, 11) is 5.15. The molecule has 1 aromatic carbocycles. The summed E-state index contributed by atoms with van der Waals surface area (Å²) >= 11 is 2.91. The Balaban J connectivity index is 2.22. The van der Waals surface area contributed by atoms with Gasteiger partial charge >= 0.3 is 5.97 Å². The number of hydrogen-bond acceptors (Lipinski definition) is 8. The van der Waals surface area contributed by atoms with Gasteiger partial charge in [-0.1, -0.05) is 23.1 Å². The van der Waals surface area contributed by atoms with Gasteiger partial charge in [-0.25, -0.2) is 4.79 Å². The van der Waals surface area contributed by atoms with Gasteiger partial charge in [-0.2, -0.15) is 0 Å². The molecule has 0 saturated carbocycles. The summed E-state index contributed by atoms with van der Waals surface area (Å²) in [5.41, 5.74) is 6.51. The summed E-state index contributed by atoms with van der Waals surface area (Å²) in [6.07, 6.45) is 0. The minimum atomic E-state index is -0.448. The lowest BCUT2D eigenvalue weighted by atomic mass is 10.2. The molecule has 0 atom stereocenters. The number of benzene rings is 1. The molecule has 0 spiro atoms. The van der Waals surface area contributed by atoms with Crippen molar-refractivity contribution >= 4 is 39.9 Å². The van der Waals surface area contributed by atoms with Crippen LogP contribution in [0.3, 0.4) is 0 Å². The number of hydrogen-bond donors (Lipinski definition) is 1. The van der Waals surface area contributed by atoms with Crippen molar-refractivity contribution in [3.05, 3.63) is 23.8 Å². The van der Waals surface area contributed by atoms with Crippen LogP contribution in [0.2, 0.25) is 0 Å². The summed E-state index contributed by atoms with van der Waals surface area (Å²) in [5, 5.41) is 8.98. The van der Waals surface area contributed by atoms with E-state index in [9.17, 15) is 4.79 Å². The van der Waals surface area contributed by atoms with Crippen LogP contribution in [0, 0.1) is 0 Å². The number of methoxy groups -OCH3 is 1. The van der Waals surface area contributed by atoms with Crippen LogP contribution in [-0.4, -0.2) is 37.4 Å². The van der Waals surface area contributed by atoms with Gasteiger partial charge in [0.05, 0.1) is 12.7 Å². The largest absolute Gasteiger partial charge is 0.465 e. The summed E-state index contributed by atoms with van der Waals surface area (Å²) in [6.45, 7) is 0. The first kappa shape index (κ1) is 14.6. The van der Waals surface area contributed by atoms with Gasteiger partial charge in [0, 0.05) is 24.7 Å². The summed E-state index contributed by atoms with van der Waals surface area (Å²) < 4.78 is 5.50. The highest BCUT2D eigenvalue weighted by molar-refractivity contribution is 8.01. The fourth-order valence-corrected chi connectivity index (χ4v) is 3.19. The number of anilines is 2. The van der Waals surface area contributed by atoms with Crippen molar-refractivity contribution in [2.45, 2.75) is 9.24 Å². The van der Waals surface area contributed by atoms with Crippen LogP contribution in [0.15, 0.2) is 27.4 Å². The number of nitrogens with zero attached hydrogens (tertiary/aromatic N) is 3. The van der Waals surface area contributed by atoms with E-state index in [0.717, 1.165) is 14.4 Å². The SMILES string of the molecule is COC(=O)c1cc(Sc2nnc(N(C)C)s2)ccc1N. The van der Waals surface area contributed by atoms with Gasteiger partial charge in [0.1, 0.15) is 0 Å². The zero-order valence-electron chi connectivity index (χ0n) is 11.3. The van der Waals surface area contributed by atoms with E-state index in [2.05, 4.69) is 10.2 Å². The first-order chi connectivity index (χ1) is 9.51. The molecule has 1 heterocycles. The molecule has 1 aromatic heterocycles. The Hall–Kier alpha value is -1.80. The molecule has 8 heteroatoms.